The van der Waals surface area contributed by atoms with Crippen molar-refractivity contribution in [1.29, 1.82) is 0 Å². The number of hydrogen-bond acceptors (Lipinski definition) is 7. The fraction of sp³-hybridized carbons (Fsp3) is 0.423. The van der Waals surface area contributed by atoms with Crippen molar-refractivity contribution in [2.75, 3.05) is 43.6 Å². The van der Waals surface area contributed by atoms with Gasteiger partial charge in [0, 0.05) is 37.1 Å². The Hall–Kier alpha value is -3.59. The molecular formula is C26H31N5O4. The molecule has 2 N–H and O–H groups in total. The number of fused-ring (bicyclic) bond motifs is 1. The number of amides is 2. The molecule has 2 aliphatic rings. The molecule has 2 fully saturated rings. The summed E-state index contributed by atoms with van der Waals surface area (Å²) < 4.78 is 17.1. The van der Waals surface area contributed by atoms with Crippen LogP contribution in [0.5, 0.6) is 11.6 Å². The molecule has 1 saturated heterocycles. The minimum atomic E-state index is -0.198. The van der Waals surface area contributed by atoms with E-state index >= 15 is 0 Å². The topological polar surface area (TPSA) is 97.8 Å². The maximum absolute atomic E-state index is 12.4. The first-order valence-electron chi connectivity index (χ1n) is 12.1. The van der Waals surface area contributed by atoms with E-state index in [0.29, 0.717) is 19.1 Å². The van der Waals surface area contributed by atoms with Gasteiger partial charge >= 0.3 is 6.03 Å². The number of anilines is 2. The Bertz CT molecular complexity index is 1140. The highest BCUT2D eigenvalue weighted by atomic mass is 16.5. The van der Waals surface area contributed by atoms with Gasteiger partial charge in [-0.25, -0.2) is 4.79 Å². The number of nitrogens with zero attached hydrogens (tertiary/aromatic N) is 3. The van der Waals surface area contributed by atoms with Crippen LogP contribution in [0.4, 0.5) is 16.3 Å². The molecule has 3 aromatic rings. The zero-order valence-corrected chi connectivity index (χ0v) is 19.9. The van der Waals surface area contributed by atoms with Gasteiger partial charge in [-0.3, -0.25) is 4.98 Å². The number of carbonyl (C=O) groups excluding carboxylic acids is 1. The van der Waals surface area contributed by atoms with Crippen molar-refractivity contribution in [2.45, 2.75) is 37.8 Å². The van der Waals surface area contributed by atoms with Crippen LogP contribution in [0.3, 0.4) is 0 Å². The molecule has 1 saturated carbocycles. The molecule has 9 heteroatoms. The fourth-order valence-electron chi connectivity index (χ4n) is 4.59. The molecule has 1 aliphatic heterocycles. The van der Waals surface area contributed by atoms with Crippen LogP contribution in [0.2, 0.25) is 0 Å². The van der Waals surface area contributed by atoms with Gasteiger partial charge in [0.05, 0.1) is 31.2 Å². The molecule has 0 unspecified atom stereocenters. The molecule has 9 nitrogen and oxygen atoms in total. The summed E-state index contributed by atoms with van der Waals surface area (Å²) in [7, 11) is 1.62. The van der Waals surface area contributed by atoms with E-state index in [9.17, 15) is 4.79 Å². The first-order chi connectivity index (χ1) is 17.2. The SMILES string of the molecule is COc1ccc(NC(=O)NC2CCC(Oc3nc(N4CCOCC4)cc4ncccc34)CC2)cc1. The molecule has 35 heavy (non-hydrogen) atoms. The van der Waals surface area contributed by atoms with Crippen LogP contribution in [0.15, 0.2) is 48.7 Å². The molecule has 5 rings (SSSR count). The van der Waals surface area contributed by atoms with Crippen LogP contribution < -0.4 is 25.0 Å². The largest absolute Gasteiger partial charge is 0.497 e. The zero-order valence-electron chi connectivity index (χ0n) is 19.9. The number of urea groups is 1. The molecular weight excluding hydrogens is 446 g/mol. The van der Waals surface area contributed by atoms with Gasteiger partial charge in [-0.1, -0.05) is 0 Å². The van der Waals surface area contributed by atoms with Gasteiger partial charge < -0.3 is 29.7 Å². The number of rotatable bonds is 6. The van der Waals surface area contributed by atoms with Gasteiger partial charge in [0.25, 0.3) is 0 Å². The van der Waals surface area contributed by atoms with Crippen LogP contribution in [-0.4, -0.2) is 61.6 Å². The van der Waals surface area contributed by atoms with E-state index < -0.39 is 0 Å². The van der Waals surface area contributed by atoms with E-state index in [1.54, 1.807) is 13.3 Å². The van der Waals surface area contributed by atoms with E-state index in [4.69, 9.17) is 19.2 Å². The van der Waals surface area contributed by atoms with Crippen molar-refractivity contribution in [3.63, 3.8) is 0 Å². The Balaban J connectivity index is 1.18. The maximum Gasteiger partial charge on any atom is 0.319 e. The second-order valence-corrected chi connectivity index (χ2v) is 8.87. The molecule has 0 radical (unpaired) electrons. The number of methoxy groups -OCH3 is 1. The highest BCUT2D eigenvalue weighted by Gasteiger charge is 2.25. The molecule has 1 aromatic carbocycles. The number of hydrogen-bond donors (Lipinski definition) is 2. The number of benzene rings is 1. The van der Waals surface area contributed by atoms with Gasteiger partial charge in [0.1, 0.15) is 17.7 Å². The Kier molecular flexibility index (Phi) is 7.13. The third-order valence-corrected chi connectivity index (χ3v) is 6.52. The van der Waals surface area contributed by atoms with E-state index in [-0.39, 0.29) is 18.2 Å². The van der Waals surface area contributed by atoms with Crippen molar-refractivity contribution < 1.29 is 19.0 Å². The first kappa shape index (κ1) is 23.2. The van der Waals surface area contributed by atoms with Gasteiger partial charge in [-0.15, -0.1) is 0 Å². The predicted molar refractivity (Wildman–Crippen MR) is 134 cm³/mol. The third kappa shape index (κ3) is 5.74. The molecule has 0 bridgehead atoms. The number of carbonyl (C=O) groups is 1. The lowest BCUT2D eigenvalue weighted by Crippen LogP contribution is -2.41. The minimum Gasteiger partial charge on any atom is -0.497 e. The monoisotopic (exact) mass is 477 g/mol. The summed E-state index contributed by atoms with van der Waals surface area (Å²) in [6.07, 6.45) is 5.23. The van der Waals surface area contributed by atoms with Crippen LogP contribution in [-0.2, 0) is 4.74 Å². The zero-order chi connectivity index (χ0) is 24.0. The quantitative estimate of drug-likeness (QED) is 0.554. The van der Waals surface area contributed by atoms with E-state index in [1.165, 1.54) is 0 Å². The Morgan fingerprint density at radius 2 is 1.86 bits per heavy atom. The number of pyridine rings is 2. The lowest BCUT2D eigenvalue weighted by Gasteiger charge is -2.31. The predicted octanol–water partition coefficient (Wildman–Crippen LogP) is 3.99. The third-order valence-electron chi connectivity index (χ3n) is 6.52. The average Bonchev–Trinajstić information content (AvgIpc) is 2.90. The summed E-state index contributed by atoms with van der Waals surface area (Å²) in [5.41, 5.74) is 1.61. The van der Waals surface area contributed by atoms with Gasteiger partial charge in [0.15, 0.2) is 0 Å². The Labute approximate surface area is 204 Å². The van der Waals surface area contributed by atoms with Crippen LogP contribution >= 0.6 is 0 Å². The Morgan fingerprint density at radius 3 is 2.60 bits per heavy atom. The summed E-state index contributed by atoms with van der Waals surface area (Å²) in [5, 5.41) is 6.88. The molecule has 184 valence electrons. The van der Waals surface area contributed by atoms with Gasteiger partial charge in [-0.2, -0.15) is 4.98 Å². The summed E-state index contributed by atoms with van der Waals surface area (Å²) in [6.45, 7) is 3.00. The number of aromatic nitrogens is 2. The first-order valence-corrected chi connectivity index (χ1v) is 12.1. The van der Waals surface area contributed by atoms with E-state index in [1.807, 2.05) is 42.5 Å². The summed E-state index contributed by atoms with van der Waals surface area (Å²) in [5.74, 6) is 2.26. The molecule has 1 aliphatic carbocycles. The normalized spacial score (nSPS) is 20.3. The highest BCUT2D eigenvalue weighted by molar-refractivity contribution is 5.89. The van der Waals surface area contributed by atoms with Crippen LogP contribution in [0.1, 0.15) is 25.7 Å². The van der Waals surface area contributed by atoms with Gasteiger partial charge in [0.2, 0.25) is 5.88 Å². The standard InChI is InChI=1S/C26H31N5O4/c1-33-20-8-4-18(5-9-20)28-26(32)29-19-6-10-21(11-7-19)35-25-22-3-2-12-27-23(22)17-24(30-25)31-13-15-34-16-14-31/h2-5,8-9,12,17,19,21H,6-7,10-11,13-16H2,1H3,(H2,28,29,32). The molecule has 2 amide bonds. The van der Waals surface area contributed by atoms with Crippen molar-refractivity contribution in [3.8, 4) is 11.6 Å². The molecule has 0 atom stereocenters. The number of nitrogens with one attached hydrogen (secondary N) is 2. The fourth-order valence-corrected chi connectivity index (χ4v) is 4.59. The van der Waals surface area contributed by atoms with Crippen LogP contribution in [0.25, 0.3) is 10.9 Å². The smallest absolute Gasteiger partial charge is 0.319 e. The van der Waals surface area contributed by atoms with Crippen molar-refractivity contribution in [1.82, 2.24) is 15.3 Å². The lowest BCUT2D eigenvalue weighted by molar-refractivity contribution is 0.121. The summed E-state index contributed by atoms with van der Waals surface area (Å²) >= 11 is 0. The summed E-state index contributed by atoms with van der Waals surface area (Å²) in [4.78, 5) is 24.0. The number of ether oxygens (including phenoxy) is 3. The molecule has 2 aromatic heterocycles. The van der Waals surface area contributed by atoms with Gasteiger partial charge in [-0.05, 0) is 62.1 Å². The molecule has 3 heterocycles. The maximum atomic E-state index is 12.4. The van der Waals surface area contributed by atoms with Crippen molar-refractivity contribution >= 4 is 28.4 Å². The lowest BCUT2D eigenvalue weighted by atomic mass is 9.93. The molecule has 0 spiro atoms. The highest BCUT2D eigenvalue weighted by Crippen LogP contribution is 2.31. The number of morpholine rings is 1. The van der Waals surface area contributed by atoms with Crippen LogP contribution in [0, 0.1) is 0 Å². The second-order valence-electron chi connectivity index (χ2n) is 8.87. The minimum absolute atomic E-state index is 0.0496. The van der Waals surface area contributed by atoms with Crippen molar-refractivity contribution in [3.05, 3.63) is 48.7 Å². The van der Waals surface area contributed by atoms with E-state index in [2.05, 4.69) is 20.5 Å². The van der Waals surface area contributed by atoms with E-state index in [0.717, 1.165) is 66.9 Å². The second kappa shape index (κ2) is 10.8. The van der Waals surface area contributed by atoms with Crippen molar-refractivity contribution in [2.24, 2.45) is 0 Å². The Morgan fingerprint density at radius 1 is 1.09 bits per heavy atom. The average molecular weight is 478 g/mol. The summed E-state index contributed by atoms with van der Waals surface area (Å²) in [6, 6.07) is 13.1.